The van der Waals surface area contributed by atoms with Crippen molar-refractivity contribution in [1.82, 2.24) is 5.32 Å². The summed E-state index contributed by atoms with van der Waals surface area (Å²) >= 11 is 1.24. The van der Waals surface area contributed by atoms with E-state index in [9.17, 15) is 28.1 Å². The highest BCUT2D eigenvalue weighted by molar-refractivity contribution is 8.00. The number of non-ortho nitro benzene ring substituents is 1. The normalized spacial score (nSPS) is 11.2. The van der Waals surface area contributed by atoms with E-state index in [1.807, 2.05) is 0 Å². The van der Waals surface area contributed by atoms with Gasteiger partial charge in [0.15, 0.2) is 0 Å². The Morgan fingerprint density at radius 2 is 1.69 bits per heavy atom. The number of alkyl halides is 3. The van der Waals surface area contributed by atoms with E-state index in [4.69, 9.17) is 0 Å². The minimum atomic E-state index is -4.36. The third-order valence-electron chi connectivity index (χ3n) is 3.43. The van der Waals surface area contributed by atoms with Crippen molar-refractivity contribution >= 4 is 23.4 Å². The first-order valence-electron chi connectivity index (χ1n) is 7.56. The minimum absolute atomic E-state index is 0.0182. The van der Waals surface area contributed by atoms with Gasteiger partial charge in [-0.15, -0.1) is 11.8 Å². The van der Waals surface area contributed by atoms with Gasteiger partial charge in [-0.1, -0.05) is 12.1 Å². The number of benzene rings is 2. The van der Waals surface area contributed by atoms with E-state index in [0.717, 1.165) is 17.0 Å². The number of rotatable bonds is 7. The average Bonchev–Trinajstić information content (AvgIpc) is 2.60. The summed E-state index contributed by atoms with van der Waals surface area (Å²) in [4.78, 5) is 22.6. The summed E-state index contributed by atoms with van der Waals surface area (Å²) in [5.41, 5.74) is -0.0264. The van der Waals surface area contributed by atoms with Crippen molar-refractivity contribution in [3.05, 3.63) is 69.8 Å². The van der Waals surface area contributed by atoms with Crippen LogP contribution in [0.1, 0.15) is 11.1 Å². The maximum atomic E-state index is 12.5. The molecule has 0 radical (unpaired) electrons. The van der Waals surface area contributed by atoms with Gasteiger partial charge in [0.25, 0.3) is 5.69 Å². The van der Waals surface area contributed by atoms with E-state index in [0.29, 0.717) is 18.5 Å². The van der Waals surface area contributed by atoms with Crippen molar-refractivity contribution in [3.63, 3.8) is 0 Å². The molecule has 0 atom stereocenters. The highest BCUT2D eigenvalue weighted by Gasteiger charge is 2.29. The van der Waals surface area contributed by atoms with Gasteiger partial charge in [-0.3, -0.25) is 14.9 Å². The van der Waals surface area contributed by atoms with Crippen molar-refractivity contribution in [2.75, 3.05) is 12.3 Å². The standard InChI is InChI=1S/C17H15F3N2O3S/c18-17(19,20)13-3-1-12(2-4-13)9-10-21-16(23)11-26-15-7-5-14(6-8-15)22(24)25/h1-8H,9-11H2,(H,21,23). The lowest BCUT2D eigenvalue weighted by Gasteiger charge is -2.08. The fraction of sp³-hybridized carbons (Fsp3) is 0.235. The third kappa shape index (κ3) is 6.07. The Balaban J connectivity index is 1.72. The highest BCUT2D eigenvalue weighted by atomic mass is 32.2. The molecule has 2 rings (SSSR count). The van der Waals surface area contributed by atoms with Gasteiger partial charge >= 0.3 is 6.18 Å². The molecule has 0 spiro atoms. The molecule has 0 aromatic heterocycles. The second-order valence-electron chi connectivity index (χ2n) is 5.33. The molecule has 5 nitrogen and oxygen atoms in total. The number of carbonyl (C=O) groups excluding carboxylic acids is 1. The summed E-state index contributed by atoms with van der Waals surface area (Å²) < 4.78 is 37.4. The van der Waals surface area contributed by atoms with E-state index in [1.54, 1.807) is 12.1 Å². The molecule has 0 bridgehead atoms. The van der Waals surface area contributed by atoms with Crippen molar-refractivity contribution in [1.29, 1.82) is 0 Å². The van der Waals surface area contributed by atoms with Crippen molar-refractivity contribution in [3.8, 4) is 0 Å². The Kier molecular flexibility index (Phi) is 6.62. The number of nitro benzene ring substituents is 1. The van der Waals surface area contributed by atoms with Crippen LogP contribution in [0.3, 0.4) is 0 Å². The fourth-order valence-electron chi connectivity index (χ4n) is 2.07. The lowest BCUT2D eigenvalue weighted by atomic mass is 10.1. The van der Waals surface area contributed by atoms with Gasteiger partial charge in [-0.25, -0.2) is 0 Å². The predicted molar refractivity (Wildman–Crippen MR) is 92.0 cm³/mol. The maximum Gasteiger partial charge on any atom is 0.416 e. The van der Waals surface area contributed by atoms with Crippen LogP contribution in [-0.4, -0.2) is 23.1 Å². The van der Waals surface area contributed by atoms with E-state index in [2.05, 4.69) is 5.32 Å². The summed E-state index contributed by atoms with van der Waals surface area (Å²) in [5, 5.41) is 13.2. The number of thioether (sulfide) groups is 1. The summed E-state index contributed by atoms with van der Waals surface area (Å²) in [6, 6.07) is 10.7. The van der Waals surface area contributed by atoms with Gasteiger partial charge in [-0.2, -0.15) is 13.2 Å². The molecular weight excluding hydrogens is 369 g/mol. The molecule has 0 saturated carbocycles. The Morgan fingerprint density at radius 3 is 2.23 bits per heavy atom. The van der Waals surface area contributed by atoms with Crippen molar-refractivity contribution < 1.29 is 22.9 Å². The quantitative estimate of drug-likeness (QED) is 0.444. The monoisotopic (exact) mass is 384 g/mol. The molecular formula is C17H15F3N2O3S. The molecule has 0 heterocycles. The van der Waals surface area contributed by atoms with Crippen LogP contribution in [0, 0.1) is 10.1 Å². The first-order valence-corrected chi connectivity index (χ1v) is 8.54. The topological polar surface area (TPSA) is 72.2 Å². The zero-order valence-electron chi connectivity index (χ0n) is 13.5. The minimum Gasteiger partial charge on any atom is -0.355 e. The first-order chi connectivity index (χ1) is 12.3. The average molecular weight is 384 g/mol. The van der Waals surface area contributed by atoms with E-state index >= 15 is 0 Å². The summed E-state index contributed by atoms with van der Waals surface area (Å²) in [7, 11) is 0. The summed E-state index contributed by atoms with van der Waals surface area (Å²) in [6.07, 6.45) is -3.94. The Bertz CT molecular complexity index is 762. The fourth-order valence-corrected chi connectivity index (χ4v) is 2.80. The number of hydrogen-bond acceptors (Lipinski definition) is 4. The molecule has 0 aliphatic rings. The van der Waals surface area contributed by atoms with E-state index < -0.39 is 16.7 Å². The van der Waals surface area contributed by atoms with Crippen LogP contribution in [0.4, 0.5) is 18.9 Å². The van der Waals surface area contributed by atoms with Crippen LogP contribution in [-0.2, 0) is 17.4 Å². The Hall–Kier alpha value is -2.55. The highest BCUT2D eigenvalue weighted by Crippen LogP contribution is 2.29. The van der Waals surface area contributed by atoms with Crippen LogP contribution in [0.2, 0.25) is 0 Å². The lowest BCUT2D eigenvalue weighted by molar-refractivity contribution is -0.384. The third-order valence-corrected chi connectivity index (χ3v) is 4.45. The van der Waals surface area contributed by atoms with E-state index in [-0.39, 0.29) is 17.3 Å². The zero-order valence-corrected chi connectivity index (χ0v) is 14.3. The van der Waals surface area contributed by atoms with Gasteiger partial charge in [0.05, 0.1) is 16.2 Å². The van der Waals surface area contributed by atoms with E-state index in [1.165, 1.54) is 36.0 Å². The van der Waals surface area contributed by atoms with Crippen molar-refractivity contribution in [2.45, 2.75) is 17.5 Å². The molecule has 1 amide bonds. The smallest absolute Gasteiger partial charge is 0.355 e. The predicted octanol–water partition coefficient (Wildman–Crippen LogP) is 4.06. The van der Waals surface area contributed by atoms with Crippen LogP contribution in [0.15, 0.2) is 53.4 Å². The second-order valence-corrected chi connectivity index (χ2v) is 6.38. The maximum absolute atomic E-state index is 12.5. The Labute approximate surface area is 151 Å². The molecule has 0 saturated heterocycles. The molecule has 2 aromatic rings. The lowest BCUT2D eigenvalue weighted by Crippen LogP contribution is -2.27. The van der Waals surface area contributed by atoms with Gasteiger partial charge in [0.1, 0.15) is 0 Å². The van der Waals surface area contributed by atoms with Crippen LogP contribution >= 0.6 is 11.8 Å². The first kappa shape index (κ1) is 19.8. The summed E-state index contributed by atoms with van der Waals surface area (Å²) in [5.74, 6) is -0.0783. The van der Waals surface area contributed by atoms with Crippen LogP contribution in [0.5, 0.6) is 0 Å². The molecule has 9 heteroatoms. The van der Waals surface area contributed by atoms with Gasteiger partial charge in [0, 0.05) is 23.6 Å². The molecule has 0 fully saturated rings. The number of nitro groups is 1. The summed E-state index contributed by atoms with van der Waals surface area (Å²) in [6.45, 7) is 0.311. The number of nitrogens with zero attached hydrogens (tertiary/aromatic N) is 1. The van der Waals surface area contributed by atoms with Gasteiger partial charge < -0.3 is 5.32 Å². The zero-order chi connectivity index (χ0) is 19.2. The van der Waals surface area contributed by atoms with Crippen molar-refractivity contribution in [2.24, 2.45) is 0 Å². The Morgan fingerprint density at radius 1 is 1.08 bits per heavy atom. The molecule has 1 N–H and O–H groups in total. The molecule has 0 aliphatic heterocycles. The molecule has 2 aromatic carbocycles. The number of amides is 1. The van der Waals surface area contributed by atoms with Gasteiger partial charge in [0.2, 0.25) is 5.91 Å². The number of nitrogens with one attached hydrogen (secondary N) is 1. The van der Waals surface area contributed by atoms with Crippen LogP contribution < -0.4 is 5.32 Å². The van der Waals surface area contributed by atoms with Crippen LogP contribution in [0.25, 0.3) is 0 Å². The molecule has 0 unspecified atom stereocenters. The molecule has 138 valence electrons. The second kappa shape index (κ2) is 8.70. The number of carbonyl (C=O) groups is 1. The molecule has 26 heavy (non-hydrogen) atoms. The van der Waals surface area contributed by atoms with Gasteiger partial charge in [-0.05, 0) is 36.2 Å². The molecule has 0 aliphatic carbocycles. The number of halogens is 3. The number of hydrogen-bond donors (Lipinski definition) is 1. The largest absolute Gasteiger partial charge is 0.416 e. The SMILES string of the molecule is O=C(CSc1ccc([N+](=O)[O-])cc1)NCCc1ccc(C(F)(F)F)cc1.